The maximum Gasteiger partial charge on any atom is 0.331 e. The van der Waals surface area contributed by atoms with Gasteiger partial charge in [0.25, 0.3) is 5.56 Å². The summed E-state index contributed by atoms with van der Waals surface area (Å²) in [5, 5.41) is 9.18. The van der Waals surface area contributed by atoms with Crippen molar-refractivity contribution in [1.82, 2.24) is 23.9 Å². The van der Waals surface area contributed by atoms with Gasteiger partial charge in [-0.25, -0.2) is 14.5 Å². The van der Waals surface area contributed by atoms with Gasteiger partial charge in [-0.2, -0.15) is 5.10 Å². The molecule has 9 nitrogen and oxygen atoms in total. The van der Waals surface area contributed by atoms with Crippen molar-refractivity contribution >= 4 is 33.4 Å². The van der Waals surface area contributed by atoms with Crippen LogP contribution in [-0.4, -0.2) is 29.8 Å². The molecular weight excluding hydrogens is 392 g/mol. The maximum atomic E-state index is 12.5. The average molecular weight is 410 g/mol. The van der Waals surface area contributed by atoms with Gasteiger partial charge in [0.05, 0.1) is 17.4 Å². The minimum absolute atomic E-state index is 0.170. The van der Waals surface area contributed by atoms with E-state index in [-0.39, 0.29) is 18.0 Å². The van der Waals surface area contributed by atoms with Crippen molar-refractivity contribution in [2.75, 3.05) is 5.32 Å². The molecule has 148 valence electrons. The predicted molar refractivity (Wildman–Crippen MR) is 111 cm³/mol. The molecule has 0 aliphatic rings. The number of carbonyl (C=O) groups is 1. The van der Waals surface area contributed by atoms with Gasteiger partial charge in [0.1, 0.15) is 6.54 Å². The Hall–Kier alpha value is -3.53. The van der Waals surface area contributed by atoms with Gasteiger partial charge in [0.15, 0.2) is 10.6 Å². The SMILES string of the molecule is Cc1ccc(-c2csc(NC(=O)Cn3ncc4c3c(=O)n(C)c(=O)n4C)n2)cc1. The second kappa shape index (κ2) is 7.13. The fraction of sp³-hybridized carbons (Fsp3) is 0.211. The van der Waals surface area contributed by atoms with Crippen LogP contribution < -0.4 is 16.6 Å². The highest BCUT2D eigenvalue weighted by Crippen LogP contribution is 2.25. The highest BCUT2D eigenvalue weighted by atomic mass is 32.1. The number of anilines is 1. The molecule has 10 heteroatoms. The van der Waals surface area contributed by atoms with Crippen LogP contribution >= 0.6 is 11.3 Å². The van der Waals surface area contributed by atoms with Crippen LogP contribution in [-0.2, 0) is 25.4 Å². The van der Waals surface area contributed by atoms with E-state index >= 15 is 0 Å². The highest BCUT2D eigenvalue weighted by molar-refractivity contribution is 7.14. The third-order valence-electron chi connectivity index (χ3n) is 4.65. The number of aryl methyl sites for hydroxylation is 2. The first-order valence-electron chi connectivity index (χ1n) is 8.79. The molecule has 0 radical (unpaired) electrons. The summed E-state index contributed by atoms with van der Waals surface area (Å²) in [5.74, 6) is -0.365. The Balaban J connectivity index is 1.56. The molecule has 0 bridgehead atoms. The number of amides is 1. The first kappa shape index (κ1) is 18.8. The van der Waals surface area contributed by atoms with Gasteiger partial charge in [0.2, 0.25) is 5.91 Å². The Morgan fingerprint density at radius 2 is 1.86 bits per heavy atom. The molecule has 0 saturated heterocycles. The summed E-state index contributed by atoms with van der Waals surface area (Å²) in [6, 6.07) is 7.96. The minimum Gasteiger partial charge on any atom is -0.300 e. The van der Waals surface area contributed by atoms with Gasteiger partial charge in [0, 0.05) is 25.0 Å². The van der Waals surface area contributed by atoms with E-state index in [9.17, 15) is 14.4 Å². The molecule has 0 unspecified atom stereocenters. The van der Waals surface area contributed by atoms with E-state index in [1.54, 1.807) is 7.05 Å². The predicted octanol–water partition coefficient (Wildman–Crippen LogP) is 1.50. The molecule has 0 aliphatic heterocycles. The lowest BCUT2D eigenvalue weighted by atomic mass is 10.1. The molecule has 1 N–H and O–H groups in total. The van der Waals surface area contributed by atoms with Crippen molar-refractivity contribution in [1.29, 1.82) is 0 Å². The molecule has 29 heavy (non-hydrogen) atoms. The third-order valence-corrected chi connectivity index (χ3v) is 5.41. The van der Waals surface area contributed by atoms with Gasteiger partial charge in [-0.05, 0) is 6.92 Å². The van der Waals surface area contributed by atoms with Crippen LogP contribution in [0.25, 0.3) is 22.3 Å². The van der Waals surface area contributed by atoms with Crippen LogP contribution in [0.2, 0.25) is 0 Å². The summed E-state index contributed by atoms with van der Waals surface area (Å²) in [6.07, 6.45) is 1.41. The van der Waals surface area contributed by atoms with Crippen molar-refractivity contribution in [2.45, 2.75) is 13.5 Å². The van der Waals surface area contributed by atoms with Crippen molar-refractivity contribution in [3.8, 4) is 11.3 Å². The first-order chi connectivity index (χ1) is 13.8. The molecule has 3 aromatic heterocycles. The lowest BCUT2D eigenvalue weighted by Crippen LogP contribution is -2.37. The fourth-order valence-electron chi connectivity index (χ4n) is 3.02. The Labute approximate surface area is 168 Å². The molecule has 1 amide bonds. The average Bonchev–Trinajstić information content (AvgIpc) is 3.32. The second-order valence-corrected chi connectivity index (χ2v) is 7.55. The van der Waals surface area contributed by atoms with Crippen LogP contribution in [0.4, 0.5) is 5.13 Å². The number of aromatic nitrogens is 5. The third kappa shape index (κ3) is 3.38. The molecule has 0 saturated carbocycles. The number of nitrogens with one attached hydrogen (secondary N) is 1. The molecule has 0 aliphatic carbocycles. The lowest BCUT2D eigenvalue weighted by molar-refractivity contribution is -0.116. The van der Waals surface area contributed by atoms with E-state index in [2.05, 4.69) is 15.4 Å². The normalized spacial score (nSPS) is 11.1. The molecule has 0 spiro atoms. The summed E-state index contributed by atoms with van der Waals surface area (Å²) in [5.41, 5.74) is 2.54. The highest BCUT2D eigenvalue weighted by Gasteiger charge is 2.16. The summed E-state index contributed by atoms with van der Waals surface area (Å²) in [7, 11) is 2.95. The van der Waals surface area contributed by atoms with Gasteiger partial charge < -0.3 is 5.32 Å². The molecule has 1 aromatic carbocycles. The summed E-state index contributed by atoms with van der Waals surface area (Å²) < 4.78 is 3.61. The summed E-state index contributed by atoms with van der Waals surface area (Å²) in [6.45, 7) is 1.84. The van der Waals surface area contributed by atoms with Crippen LogP contribution in [0.15, 0.2) is 45.4 Å². The van der Waals surface area contributed by atoms with Crippen LogP contribution in [0.5, 0.6) is 0 Å². The standard InChI is InChI=1S/C19H18N6O3S/c1-11-4-6-12(7-5-11)13-10-29-18(21-13)22-15(26)9-25-16-14(8-20-25)23(2)19(28)24(3)17(16)27/h4-8,10H,9H2,1-3H3,(H,21,22,26). The van der Waals surface area contributed by atoms with Crippen LogP contribution in [0.3, 0.4) is 0 Å². The fourth-order valence-corrected chi connectivity index (χ4v) is 3.75. The maximum absolute atomic E-state index is 12.5. The van der Waals surface area contributed by atoms with Crippen LogP contribution in [0.1, 0.15) is 5.56 Å². The largest absolute Gasteiger partial charge is 0.331 e. The zero-order valence-corrected chi connectivity index (χ0v) is 16.9. The molecule has 0 fully saturated rings. The second-order valence-electron chi connectivity index (χ2n) is 6.69. The van der Waals surface area contributed by atoms with E-state index in [4.69, 9.17) is 0 Å². The monoisotopic (exact) mass is 410 g/mol. The molecule has 4 aromatic rings. The van der Waals surface area contributed by atoms with Gasteiger partial charge >= 0.3 is 5.69 Å². The number of rotatable bonds is 4. The lowest BCUT2D eigenvalue weighted by Gasteiger charge is -2.06. The number of fused-ring (bicyclic) bond motifs is 1. The van der Waals surface area contributed by atoms with Gasteiger partial charge in [-0.15, -0.1) is 11.3 Å². The molecule has 0 atom stereocenters. The number of hydrogen-bond acceptors (Lipinski definition) is 6. The summed E-state index contributed by atoms with van der Waals surface area (Å²) >= 11 is 1.32. The number of hydrogen-bond donors (Lipinski definition) is 1. The molecular formula is C19H18N6O3S. The van der Waals surface area contributed by atoms with Gasteiger partial charge in [-0.3, -0.25) is 18.7 Å². The zero-order chi connectivity index (χ0) is 20.7. The van der Waals surface area contributed by atoms with E-state index in [1.807, 2.05) is 36.6 Å². The van der Waals surface area contributed by atoms with E-state index in [1.165, 1.54) is 33.8 Å². The zero-order valence-electron chi connectivity index (χ0n) is 16.0. The minimum atomic E-state index is -0.496. The smallest absolute Gasteiger partial charge is 0.300 e. The number of benzene rings is 1. The summed E-state index contributed by atoms with van der Waals surface area (Å²) in [4.78, 5) is 41.4. The van der Waals surface area contributed by atoms with Crippen molar-refractivity contribution in [2.24, 2.45) is 14.1 Å². The number of thiazole rings is 1. The number of carbonyl (C=O) groups excluding carboxylic acids is 1. The van der Waals surface area contributed by atoms with E-state index in [0.717, 1.165) is 21.4 Å². The quantitative estimate of drug-likeness (QED) is 0.549. The van der Waals surface area contributed by atoms with E-state index < -0.39 is 11.2 Å². The number of nitrogens with zero attached hydrogens (tertiary/aromatic N) is 5. The van der Waals surface area contributed by atoms with Gasteiger partial charge in [-0.1, -0.05) is 29.8 Å². The molecule has 4 rings (SSSR count). The van der Waals surface area contributed by atoms with Crippen molar-refractivity contribution in [3.05, 3.63) is 62.2 Å². The van der Waals surface area contributed by atoms with Crippen molar-refractivity contribution < 1.29 is 4.79 Å². The Bertz CT molecular complexity index is 1340. The van der Waals surface area contributed by atoms with E-state index in [0.29, 0.717) is 10.6 Å². The Morgan fingerprint density at radius 1 is 1.14 bits per heavy atom. The Kier molecular flexibility index (Phi) is 4.63. The topological polar surface area (TPSA) is 104 Å². The van der Waals surface area contributed by atoms with Crippen molar-refractivity contribution in [3.63, 3.8) is 0 Å². The molecule has 3 heterocycles. The first-order valence-corrected chi connectivity index (χ1v) is 9.67. The Morgan fingerprint density at radius 3 is 2.59 bits per heavy atom. The van der Waals surface area contributed by atoms with Crippen LogP contribution in [0, 0.1) is 6.92 Å².